The molecule has 1 aliphatic heterocycles. The summed E-state index contributed by atoms with van der Waals surface area (Å²) in [7, 11) is 0. The lowest BCUT2D eigenvalue weighted by Gasteiger charge is -2.26. The van der Waals surface area contributed by atoms with Crippen LogP contribution < -0.4 is 9.64 Å². The van der Waals surface area contributed by atoms with Crippen molar-refractivity contribution in [3.05, 3.63) is 101 Å². The van der Waals surface area contributed by atoms with Gasteiger partial charge in [-0.25, -0.2) is 0 Å². The van der Waals surface area contributed by atoms with E-state index in [0.29, 0.717) is 29.2 Å². The first kappa shape index (κ1) is 22.0. The molecule has 0 bridgehead atoms. The van der Waals surface area contributed by atoms with Crippen molar-refractivity contribution in [2.24, 2.45) is 0 Å². The molecule has 3 aromatic rings. The summed E-state index contributed by atoms with van der Waals surface area (Å²) in [6, 6.07) is 21.5. The van der Waals surface area contributed by atoms with Crippen LogP contribution in [0.4, 0.5) is 5.69 Å². The fraction of sp³-hybridized carbons (Fsp3) is 0.241. The number of ether oxygens (including phenoxy) is 1. The Morgan fingerprint density at radius 3 is 2.47 bits per heavy atom. The summed E-state index contributed by atoms with van der Waals surface area (Å²) < 4.78 is 5.68. The van der Waals surface area contributed by atoms with Crippen LogP contribution in [0.25, 0.3) is 5.76 Å². The molecule has 0 radical (unpaired) electrons. The second-order valence-corrected chi connectivity index (χ2v) is 8.70. The molecule has 1 atom stereocenters. The van der Waals surface area contributed by atoms with E-state index in [1.165, 1.54) is 16.0 Å². The molecule has 5 heteroatoms. The number of carbonyl (C=O) groups excluding carboxylic acids is 2. The van der Waals surface area contributed by atoms with Gasteiger partial charge in [0, 0.05) is 11.3 Å². The standard InChI is InChI=1S/C29H27NO4/c1-2-34-24-14-8-11-21(18-24)26-25(28(32)29(33)30(26)23-12-4-3-5-13-23)27(31)22-16-15-19-9-6-7-10-20(19)17-22/h3-5,8,11-18,26,31H,2,6-7,9-10H2,1H3/b27-25-. The number of aliphatic hydroxyl groups is 1. The van der Waals surface area contributed by atoms with Crippen LogP contribution in [-0.2, 0) is 22.4 Å². The van der Waals surface area contributed by atoms with Crippen molar-refractivity contribution in [2.75, 3.05) is 11.5 Å². The van der Waals surface area contributed by atoms with Crippen molar-refractivity contribution < 1.29 is 19.4 Å². The molecule has 0 spiro atoms. The number of aliphatic hydroxyl groups excluding tert-OH is 1. The van der Waals surface area contributed by atoms with Crippen LogP contribution in [0.1, 0.15) is 48.1 Å². The third-order valence-electron chi connectivity index (χ3n) is 6.59. The highest BCUT2D eigenvalue weighted by Gasteiger charge is 2.47. The van der Waals surface area contributed by atoms with Crippen LogP contribution >= 0.6 is 0 Å². The Kier molecular flexibility index (Phi) is 5.93. The van der Waals surface area contributed by atoms with E-state index >= 15 is 0 Å². The minimum atomic E-state index is -0.765. The average Bonchev–Trinajstić information content (AvgIpc) is 3.14. The van der Waals surface area contributed by atoms with Gasteiger partial charge in [0.25, 0.3) is 11.7 Å². The third-order valence-corrected chi connectivity index (χ3v) is 6.59. The summed E-state index contributed by atoms with van der Waals surface area (Å²) >= 11 is 0. The van der Waals surface area contributed by atoms with Crippen LogP contribution in [0.3, 0.4) is 0 Å². The maximum Gasteiger partial charge on any atom is 0.300 e. The monoisotopic (exact) mass is 453 g/mol. The molecule has 2 aliphatic rings. The molecule has 1 N–H and O–H groups in total. The summed E-state index contributed by atoms with van der Waals surface area (Å²) in [6.07, 6.45) is 4.25. The smallest absolute Gasteiger partial charge is 0.300 e. The molecule has 172 valence electrons. The quantitative estimate of drug-likeness (QED) is 0.311. The van der Waals surface area contributed by atoms with Crippen LogP contribution in [0.2, 0.25) is 0 Å². The van der Waals surface area contributed by atoms with Crippen molar-refractivity contribution in [3.8, 4) is 5.75 Å². The van der Waals surface area contributed by atoms with Gasteiger partial charge in [-0.05, 0) is 79.6 Å². The van der Waals surface area contributed by atoms with Crippen molar-refractivity contribution >= 4 is 23.1 Å². The summed E-state index contributed by atoms with van der Waals surface area (Å²) in [5, 5.41) is 11.4. The number of carbonyl (C=O) groups is 2. The molecule has 1 unspecified atom stereocenters. The minimum Gasteiger partial charge on any atom is -0.507 e. The van der Waals surface area contributed by atoms with Gasteiger partial charge in [0.15, 0.2) is 0 Å². The molecule has 0 saturated carbocycles. The maximum absolute atomic E-state index is 13.3. The molecule has 34 heavy (non-hydrogen) atoms. The van der Waals surface area contributed by atoms with Crippen LogP contribution in [0.15, 0.2) is 78.4 Å². The summed E-state index contributed by atoms with van der Waals surface area (Å²) in [5.41, 5.74) is 4.45. The molecule has 0 aromatic heterocycles. The van der Waals surface area contributed by atoms with Gasteiger partial charge in [-0.15, -0.1) is 0 Å². The number of para-hydroxylation sites is 1. The van der Waals surface area contributed by atoms with Crippen molar-refractivity contribution in [2.45, 2.75) is 38.6 Å². The lowest BCUT2D eigenvalue weighted by atomic mass is 9.88. The summed E-state index contributed by atoms with van der Waals surface area (Å²) in [5.74, 6) is -0.840. The number of hydrogen-bond acceptors (Lipinski definition) is 4. The zero-order chi connectivity index (χ0) is 23.7. The SMILES string of the molecule is CCOc1cccc(C2/C(=C(/O)c3ccc4c(c3)CCCC4)C(=O)C(=O)N2c2ccccc2)c1. The van der Waals surface area contributed by atoms with E-state index in [4.69, 9.17) is 4.74 Å². The van der Waals surface area contributed by atoms with Gasteiger partial charge in [0.05, 0.1) is 18.2 Å². The summed E-state index contributed by atoms with van der Waals surface area (Å²) in [6.45, 7) is 2.40. The largest absolute Gasteiger partial charge is 0.507 e. The van der Waals surface area contributed by atoms with Gasteiger partial charge in [0.2, 0.25) is 0 Å². The van der Waals surface area contributed by atoms with E-state index in [1.54, 1.807) is 12.1 Å². The van der Waals surface area contributed by atoms with E-state index in [-0.39, 0.29) is 11.3 Å². The van der Waals surface area contributed by atoms with E-state index in [0.717, 1.165) is 25.7 Å². The van der Waals surface area contributed by atoms with Crippen LogP contribution in [0, 0.1) is 0 Å². The second-order valence-electron chi connectivity index (χ2n) is 8.70. The van der Waals surface area contributed by atoms with Gasteiger partial charge in [0.1, 0.15) is 11.5 Å². The number of fused-ring (bicyclic) bond motifs is 1. The van der Waals surface area contributed by atoms with Gasteiger partial charge in [-0.1, -0.05) is 42.5 Å². The average molecular weight is 454 g/mol. The predicted molar refractivity (Wildman–Crippen MR) is 132 cm³/mol. The molecular formula is C29H27NO4. The van der Waals surface area contributed by atoms with E-state index in [9.17, 15) is 14.7 Å². The third kappa shape index (κ3) is 3.87. The number of benzene rings is 3. The highest BCUT2D eigenvalue weighted by atomic mass is 16.5. The number of rotatable bonds is 5. The van der Waals surface area contributed by atoms with Gasteiger partial charge in [-0.2, -0.15) is 0 Å². The maximum atomic E-state index is 13.3. The summed E-state index contributed by atoms with van der Waals surface area (Å²) in [4.78, 5) is 28.1. The Hall–Kier alpha value is -3.86. The van der Waals surface area contributed by atoms with Gasteiger partial charge in [-0.3, -0.25) is 14.5 Å². The van der Waals surface area contributed by atoms with Crippen molar-refractivity contribution in [1.29, 1.82) is 0 Å². The first-order valence-corrected chi connectivity index (χ1v) is 11.8. The number of ketones is 1. The van der Waals surface area contributed by atoms with E-state index < -0.39 is 17.7 Å². The Bertz CT molecular complexity index is 1280. The number of anilines is 1. The fourth-order valence-corrected chi connectivity index (χ4v) is 4.98. The van der Waals surface area contributed by atoms with Crippen LogP contribution in [-0.4, -0.2) is 23.4 Å². The van der Waals surface area contributed by atoms with Gasteiger partial charge >= 0.3 is 0 Å². The lowest BCUT2D eigenvalue weighted by molar-refractivity contribution is -0.132. The topological polar surface area (TPSA) is 66.8 Å². The zero-order valence-corrected chi connectivity index (χ0v) is 19.2. The number of aryl methyl sites for hydroxylation is 2. The lowest BCUT2D eigenvalue weighted by Crippen LogP contribution is -2.29. The fourth-order valence-electron chi connectivity index (χ4n) is 4.98. The van der Waals surface area contributed by atoms with E-state index in [1.807, 2.05) is 67.6 Å². The normalized spacial score (nSPS) is 19.2. The second kappa shape index (κ2) is 9.18. The van der Waals surface area contributed by atoms with Crippen LogP contribution in [0.5, 0.6) is 5.75 Å². The first-order chi connectivity index (χ1) is 16.6. The molecule has 1 heterocycles. The highest BCUT2D eigenvalue weighted by Crippen LogP contribution is 2.43. The van der Waals surface area contributed by atoms with Crippen molar-refractivity contribution in [1.82, 2.24) is 0 Å². The Labute approximate surface area is 199 Å². The molecule has 1 saturated heterocycles. The molecule has 3 aromatic carbocycles. The molecule has 1 amide bonds. The highest BCUT2D eigenvalue weighted by molar-refractivity contribution is 6.51. The molecule has 1 fully saturated rings. The molecule has 1 aliphatic carbocycles. The Morgan fingerprint density at radius 1 is 0.941 bits per heavy atom. The number of nitrogens with zero attached hydrogens (tertiary/aromatic N) is 1. The Balaban J connectivity index is 1.69. The number of hydrogen-bond donors (Lipinski definition) is 1. The Morgan fingerprint density at radius 2 is 1.71 bits per heavy atom. The molecule has 5 rings (SSSR count). The number of Topliss-reactive ketones (excluding diaryl/α,β-unsaturated/α-hetero) is 1. The minimum absolute atomic E-state index is 0.0956. The number of amides is 1. The van der Waals surface area contributed by atoms with Gasteiger partial charge < -0.3 is 9.84 Å². The molecular weight excluding hydrogens is 426 g/mol. The molecule has 5 nitrogen and oxygen atoms in total. The predicted octanol–water partition coefficient (Wildman–Crippen LogP) is 5.59. The van der Waals surface area contributed by atoms with E-state index in [2.05, 4.69) is 0 Å². The zero-order valence-electron chi connectivity index (χ0n) is 19.2. The van der Waals surface area contributed by atoms with Crippen molar-refractivity contribution in [3.63, 3.8) is 0 Å². The first-order valence-electron chi connectivity index (χ1n) is 11.8.